The molecule has 0 saturated carbocycles. The van der Waals surface area contributed by atoms with E-state index in [0.717, 1.165) is 4.47 Å². The van der Waals surface area contributed by atoms with Crippen LogP contribution in [0, 0.1) is 22.7 Å². The summed E-state index contributed by atoms with van der Waals surface area (Å²) < 4.78 is 11.1. The molecule has 0 aliphatic heterocycles. The van der Waals surface area contributed by atoms with E-state index in [1.807, 2.05) is 12.1 Å². The number of rotatable bonds is 5. The second-order valence-corrected chi connectivity index (χ2v) is 4.30. The van der Waals surface area contributed by atoms with Crippen LogP contribution in [0.4, 0.5) is 5.69 Å². The Labute approximate surface area is 120 Å². The van der Waals surface area contributed by atoms with Crippen LogP contribution < -0.4 is 14.8 Å². The maximum Gasteiger partial charge on any atom is 0.147 e. The molecule has 6 heteroatoms. The maximum atomic E-state index is 8.84. The minimum absolute atomic E-state index is 0.0551. The lowest BCUT2D eigenvalue weighted by Gasteiger charge is -2.12. The average molecular weight is 322 g/mol. The Hall–Kier alpha value is -2.18. The minimum Gasteiger partial charge on any atom is -0.497 e. The molecule has 0 aromatic heterocycles. The van der Waals surface area contributed by atoms with Crippen LogP contribution in [-0.4, -0.2) is 14.2 Å². The molecule has 0 radical (unpaired) electrons. The molecule has 0 unspecified atom stereocenters. The van der Waals surface area contributed by atoms with Gasteiger partial charge in [-0.2, -0.15) is 10.5 Å². The lowest BCUT2D eigenvalue weighted by atomic mass is 10.2. The standard InChI is InChI=1S/C13H12BrN3O2/c1-18-10-5-11(14)13(12(6-10)19-2)17-8-9(7-16)3-4-15/h5-6,8,17H,3H2,1-2H3. The molecule has 0 aliphatic rings. The predicted molar refractivity (Wildman–Crippen MR) is 74.8 cm³/mol. The van der Waals surface area contributed by atoms with Gasteiger partial charge in [-0.1, -0.05) is 0 Å². The molecule has 1 rings (SSSR count). The highest BCUT2D eigenvalue weighted by Gasteiger charge is 2.09. The molecule has 5 nitrogen and oxygen atoms in total. The fourth-order valence-corrected chi connectivity index (χ4v) is 1.88. The molecule has 0 spiro atoms. The number of hydrogen-bond donors (Lipinski definition) is 1. The van der Waals surface area contributed by atoms with E-state index in [0.29, 0.717) is 22.8 Å². The van der Waals surface area contributed by atoms with Gasteiger partial charge in [-0.15, -0.1) is 0 Å². The van der Waals surface area contributed by atoms with E-state index < -0.39 is 0 Å². The molecule has 0 saturated heterocycles. The van der Waals surface area contributed by atoms with Crippen LogP contribution in [0.5, 0.6) is 11.5 Å². The molecular weight excluding hydrogens is 310 g/mol. The van der Waals surface area contributed by atoms with E-state index >= 15 is 0 Å². The largest absolute Gasteiger partial charge is 0.497 e. The minimum atomic E-state index is 0.0551. The third kappa shape index (κ3) is 3.90. The number of benzene rings is 1. The van der Waals surface area contributed by atoms with Crippen LogP contribution in [-0.2, 0) is 0 Å². The van der Waals surface area contributed by atoms with E-state index in [-0.39, 0.29) is 6.42 Å². The van der Waals surface area contributed by atoms with Gasteiger partial charge < -0.3 is 14.8 Å². The van der Waals surface area contributed by atoms with Gasteiger partial charge in [-0.3, -0.25) is 0 Å². The number of ether oxygens (including phenoxy) is 2. The SMILES string of the molecule is COc1cc(Br)c(NC=C(C#N)CC#N)c(OC)c1. The summed E-state index contributed by atoms with van der Waals surface area (Å²) in [5.41, 5.74) is 1.00. The second-order valence-electron chi connectivity index (χ2n) is 3.45. The Balaban J connectivity index is 3.08. The molecule has 0 fully saturated rings. The number of nitrogens with one attached hydrogen (secondary N) is 1. The van der Waals surface area contributed by atoms with Crippen molar-refractivity contribution in [2.24, 2.45) is 0 Å². The number of nitrogens with zero attached hydrogens (tertiary/aromatic N) is 2. The van der Waals surface area contributed by atoms with Gasteiger partial charge in [0.05, 0.1) is 44.0 Å². The van der Waals surface area contributed by atoms with Gasteiger partial charge in [0, 0.05) is 16.7 Å². The van der Waals surface area contributed by atoms with E-state index in [1.165, 1.54) is 13.3 Å². The van der Waals surface area contributed by atoms with Crippen LogP contribution in [0.25, 0.3) is 0 Å². The quantitative estimate of drug-likeness (QED) is 0.842. The first-order valence-electron chi connectivity index (χ1n) is 5.30. The van der Waals surface area contributed by atoms with Gasteiger partial charge >= 0.3 is 0 Å². The Kier molecular flexibility index (Phi) is 5.72. The van der Waals surface area contributed by atoms with Crippen LogP contribution >= 0.6 is 15.9 Å². The summed E-state index contributed by atoms with van der Waals surface area (Å²) in [7, 11) is 3.10. The third-order valence-corrected chi connectivity index (χ3v) is 2.91. The summed E-state index contributed by atoms with van der Waals surface area (Å²) >= 11 is 3.39. The lowest BCUT2D eigenvalue weighted by molar-refractivity contribution is 0.395. The molecule has 19 heavy (non-hydrogen) atoms. The van der Waals surface area contributed by atoms with Crippen molar-refractivity contribution in [3.05, 3.63) is 28.4 Å². The van der Waals surface area contributed by atoms with Gasteiger partial charge in [0.2, 0.25) is 0 Å². The van der Waals surface area contributed by atoms with Crippen LogP contribution in [0.3, 0.4) is 0 Å². The van der Waals surface area contributed by atoms with Crippen molar-refractivity contribution in [3.63, 3.8) is 0 Å². The highest BCUT2D eigenvalue weighted by atomic mass is 79.9. The van der Waals surface area contributed by atoms with Gasteiger partial charge in [-0.25, -0.2) is 0 Å². The summed E-state index contributed by atoms with van der Waals surface area (Å²) in [5, 5.41) is 20.4. The van der Waals surface area contributed by atoms with Crippen LogP contribution in [0.1, 0.15) is 6.42 Å². The lowest BCUT2D eigenvalue weighted by Crippen LogP contribution is -1.97. The number of nitriles is 2. The number of hydrogen-bond acceptors (Lipinski definition) is 5. The number of anilines is 1. The summed E-state index contributed by atoms with van der Waals surface area (Å²) in [5.74, 6) is 1.22. The van der Waals surface area contributed by atoms with Crippen molar-refractivity contribution >= 4 is 21.6 Å². The molecule has 0 aliphatic carbocycles. The molecule has 0 atom stereocenters. The molecule has 1 aromatic rings. The zero-order chi connectivity index (χ0) is 14.3. The predicted octanol–water partition coefficient (Wildman–Crippen LogP) is 3.20. The van der Waals surface area contributed by atoms with E-state index in [2.05, 4.69) is 21.2 Å². The summed E-state index contributed by atoms with van der Waals surface area (Å²) in [6.07, 6.45) is 1.54. The zero-order valence-corrected chi connectivity index (χ0v) is 12.1. The zero-order valence-electron chi connectivity index (χ0n) is 10.5. The molecule has 0 bridgehead atoms. The fourth-order valence-electron chi connectivity index (χ4n) is 1.34. The summed E-state index contributed by atoms with van der Waals surface area (Å²) in [4.78, 5) is 0. The molecule has 1 N–H and O–H groups in total. The molecule has 0 heterocycles. The number of halogens is 1. The number of methoxy groups -OCH3 is 2. The van der Waals surface area contributed by atoms with Gasteiger partial charge in [-0.05, 0) is 22.0 Å². The summed E-state index contributed by atoms with van der Waals surface area (Å²) in [6, 6.07) is 7.36. The van der Waals surface area contributed by atoms with Crippen molar-refractivity contribution in [1.29, 1.82) is 10.5 Å². The maximum absolute atomic E-state index is 8.84. The monoisotopic (exact) mass is 321 g/mol. The first kappa shape index (κ1) is 14.9. The molecular formula is C13H12BrN3O2. The molecule has 1 aromatic carbocycles. The highest BCUT2D eigenvalue weighted by Crippen LogP contribution is 2.37. The molecule has 0 amide bonds. The fraction of sp³-hybridized carbons (Fsp3) is 0.231. The Bertz CT molecular complexity index is 570. The van der Waals surface area contributed by atoms with Crippen LogP contribution in [0.15, 0.2) is 28.4 Å². The van der Waals surface area contributed by atoms with Crippen molar-refractivity contribution in [2.45, 2.75) is 6.42 Å². The molecule has 98 valence electrons. The first-order chi connectivity index (χ1) is 9.15. The number of allylic oxidation sites excluding steroid dienone is 1. The highest BCUT2D eigenvalue weighted by molar-refractivity contribution is 9.10. The second kappa shape index (κ2) is 7.30. The van der Waals surface area contributed by atoms with Crippen molar-refractivity contribution in [3.8, 4) is 23.6 Å². The Morgan fingerprint density at radius 3 is 2.63 bits per heavy atom. The smallest absolute Gasteiger partial charge is 0.147 e. The van der Waals surface area contributed by atoms with E-state index in [9.17, 15) is 0 Å². The third-order valence-electron chi connectivity index (χ3n) is 2.29. The average Bonchev–Trinajstić information content (AvgIpc) is 2.43. The Morgan fingerprint density at radius 1 is 1.37 bits per heavy atom. The van der Waals surface area contributed by atoms with E-state index in [4.69, 9.17) is 20.0 Å². The van der Waals surface area contributed by atoms with Crippen molar-refractivity contribution in [1.82, 2.24) is 0 Å². The van der Waals surface area contributed by atoms with Gasteiger partial charge in [0.15, 0.2) is 0 Å². The van der Waals surface area contributed by atoms with Crippen molar-refractivity contribution in [2.75, 3.05) is 19.5 Å². The van der Waals surface area contributed by atoms with Crippen LogP contribution in [0.2, 0.25) is 0 Å². The normalized spacial score (nSPS) is 10.3. The summed E-state index contributed by atoms with van der Waals surface area (Å²) in [6.45, 7) is 0. The topological polar surface area (TPSA) is 78.1 Å². The van der Waals surface area contributed by atoms with E-state index in [1.54, 1.807) is 19.2 Å². The Morgan fingerprint density at radius 2 is 2.11 bits per heavy atom. The van der Waals surface area contributed by atoms with Crippen molar-refractivity contribution < 1.29 is 9.47 Å². The first-order valence-corrected chi connectivity index (χ1v) is 6.09. The van der Waals surface area contributed by atoms with Gasteiger partial charge in [0.25, 0.3) is 0 Å². The van der Waals surface area contributed by atoms with Gasteiger partial charge in [0.1, 0.15) is 11.5 Å².